The van der Waals surface area contributed by atoms with Crippen molar-refractivity contribution in [2.75, 3.05) is 26.3 Å². The normalized spacial score (nSPS) is 25.1. The molecule has 1 aliphatic heterocycles. The highest BCUT2D eigenvalue weighted by atomic mass is 16.3. The van der Waals surface area contributed by atoms with Crippen LogP contribution in [0.4, 0.5) is 0 Å². The van der Waals surface area contributed by atoms with Crippen LogP contribution in [0.25, 0.3) is 0 Å². The molecular formula is C15H32N2O3. The Hall–Kier alpha value is -0.200. The molecule has 0 bridgehead atoms. The largest absolute Gasteiger partial charge is 0.395 e. The van der Waals surface area contributed by atoms with Crippen LogP contribution < -0.4 is 0 Å². The summed E-state index contributed by atoms with van der Waals surface area (Å²) in [6, 6.07) is 0.314. The molecule has 1 saturated heterocycles. The lowest BCUT2D eigenvalue weighted by Gasteiger charge is -2.58. The van der Waals surface area contributed by atoms with Crippen molar-refractivity contribution in [2.45, 2.75) is 70.8 Å². The zero-order valence-electron chi connectivity index (χ0n) is 13.6. The van der Waals surface area contributed by atoms with Gasteiger partial charge in [0.1, 0.15) is 6.23 Å². The van der Waals surface area contributed by atoms with Crippen LogP contribution in [0.2, 0.25) is 0 Å². The number of piperidine rings is 1. The molecule has 20 heavy (non-hydrogen) atoms. The number of aliphatic hydroxyl groups is 3. The van der Waals surface area contributed by atoms with E-state index in [0.29, 0.717) is 19.1 Å². The first kappa shape index (κ1) is 17.9. The summed E-state index contributed by atoms with van der Waals surface area (Å²) in [5, 5.41) is 28.6. The van der Waals surface area contributed by atoms with Crippen LogP contribution in [0.5, 0.6) is 0 Å². The van der Waals surface area contributed by atoms with Gasteiger partial charge in [-0.2, -0.15) is 0 Å². The molecule has 120 valence electrons. The van der Waals surface area contributed by atoms with Crippen LogP contribution in [0.1, 0.15) is 47.5 Å². The van der Waals surface area contributed by atoms with E-state index >= 15 is 0 Å². The Kier molecular flexibility index (Phi) is 5.99. The highest BCUT2D eigenvalue weighted by Crippen LogP contribution is 2.41. The van der Waals surface area contributed by atoms with Gasteiger partial charge >= 0.3 is 0 Å². The summed E-state index contributed by atoms with van der Waals surface area (Å²) in [5.74, 6) is 0. The zero-order valence-corrected chi connectivity index (χ0v) is 13.6. The first-order valence-corrected chi connectivity index (χ1v) is 7.59. The van der Waals surface area contributed by atoms with Gasteiger partial charge in [0.15, 0.2) is 0 Å². The maximum Gasteiger partial charge on any atom is 0.105 e. The number of rotatable bonds is 6. The molecule has 0 radical (unpaired) electrons. The lowest BCUT2D eigenvalue weighted by Crippen LogP contribution is -2.66. The van der Waals surface area contributed by atoms with Gasteiger partial charge in [-0.05, 0) is 47.5 Å². The fraction of sp³-hybridized carbons (Fsp3) is 1.00. The summed E-state index contributed by atoms with van der Waals surface area (Å²) in [7, 11) is 0. The molecule has 1 heterocycles. The Morgan fingerprint density at radius 2 is 1.45 bits per heavy atom. The van der Waals surface area contributed by atoms with Gasteiger partial charge in [0.25, 0.3) is 0 Å². The van der Waals surface area contributed by atoms with E-state index in [0.717, 1.165) is 12.8 Å². The number of aliphatic hydroxyl groups excluding tert-OH is 3. The summed E-state index contributed by atoms with van der Waals surface area (Å²) in [6.45, 7) is 11.8. The lowest BCUT2D eigenvalue weighted by atomic mass is 9.76. The molecule has 0 amide bonds. The van der Waals surface area contributed by atoms with E-state index < -0.39 is 6.23 Å². The quantitative estimate of drug-likeness (QED) is 0.669. The van der Waals surface area contributed by atoms with Crippen molar-refractivity contribution < 1.29 is 15.3 Å². The molecule has 0 saturated carbocycles. The highest BCUT2D eigenvalue weighted by Gasteiger charge is 2.48. The second-order valence-corrected chi connectivity index (χ2v) is 7.17. The van der Waals surface area contributed by atoms with Crippen LogP contribution in [0, 0.1) is 0 Å². The number of hydrogen-bond acceptors (Lipinski definition) is 5. The SMILES string of the molecule is CC(O)N1C(C)(C)CC(N(CCO)CCO)CC1(C)C. The molecule has 1 unspecified atom stereocenters. The highest BCUT2D eigenvalue weighted by molar-refractivity contribution is 5.03. The Balaban J connectivity index is 2.94. The average Bonchev–Trinajstić information content (AvgIpc) is 2.24. The summed E-state index contributed by atoms with van der Waals surface area (Å²) in [5.41, 5.74) is -0.243. The molecule has 0 spiro atoms. The van der Waals surface area contributed by atoms with Gasteiger partial charge in [-0.15, -0.1) is 0 Å². The summed E-state index contributed by atoms with van der Waals surface area (Å²) in [4.78, 5) is 4.34. The Morgan fingerprint density at radius 1 is 1.05 bits per heavy atom. The third-order valence-corrected chi connectivity index (χ3v) is 4.44. The maximum atomic E-state index is 10.1. The van der Waals surface area contributed by atoms with Crippen LogP contribution in [0.15, 0.2) is 0 Å². The van der Waals surface area contributed by atoms with E-state index in [1.807, 2.05) is 6.92 Å². The topological polar surface area (TPSA) is 67.2 Å². The van der Waals surface area contributed by atoms with E-state index in [1.165, 1.54) is 0 Å². The van der Waals surface area contributed by atoms with Gasteiger partial charge in [-0.25, -0.2) is 0 Å². The van der Waals surface area contributed by atoms with Crippen molar-refractivity contribution >= 4 is 0 Å². The van der Waals surface area contributed by atoms with Gasteiger partial charge in [0.05, 0.1) is 13.2 Å². The van der Waals surface area contributed by atoms with Gasteiger partial charge in [-0.1, -0.05) is 0 Å². The first-order valence-electron chi connectivity index (χ1n) is 7.59. The van der Waals surface area contributed by atoms with Crippen LogP contribution >= 0.6 is 0 Å². The van der Waals surface area contributed by atoms with Crippen molar-refractivity contribution in [3.63, 3.8) is 0 Å². The van der Waals surface area contributed by atoms with Gasteiger partial charge in [0, 0.05) is 30.2 Å². The molecule has 5 heteroatoms. The first-order chi connectivity index (χ1) is 9.15. The Labute approximate surface area is 123 Å². The number of hydrogen-bond donors (Lipinski definition) is 3. The van der Waals surface area contributed by atoms with Gasteiger partial charge in [0.2, 0.25) is 0 Å². The average molecular weight is 288 g/mol. The molecular weight excluding hydrogens is 256 g/mol. The fourth-order valence-electron chi connectivity index (χ4n) is 4.25. The standard InChI is InChI=1S/C15H32N2O3/c1-12(20)17-14(2,3)10-13(11-15(17,4)5)16(6-8-18)7-9-19/h12-13,18-20H,6-11H2,1-5H3. The van der Waals surface area contributed by atoms with Crippen LogP contribution in [-0.2, 0) is 0 Å². The minimum Gasteiger partial charge on any atom is -0.395 e. The number of likely N-dealkylation sites (tertiary alicyclic amines) is 1. The third-order valence-electron chi connectivity index (χ3n) is 4.44. The molecule has 0 aromatic heterocycles. The second kappa shape index (κ2) is 6.71. The lowest BCUT2D eigenvalue weighted by molar-refractivity contribution is -0.148. The van der Waals surface area contributed by atoms with E-state index in [2.05, 4.69) is 37.5 Å². The van der Waals surface area contributed by atoms with Crippen LogP contribution in [-0.4, -0.2) is 74.8 Å². The minimum absolute atomic E-state index is 0.109. The van der Waals surface area contributed by atoms with Gasteiger partial charge < -0.3 is 15.3 Å². The number of nitrogens with zero attached hydrogens (tertiary/aromatic N) is 2. The van der Waals surface area contributed by atoms with Crippen LogP contribution in [0.3, 0.4) is 0 Å². The second-order valence-electron chi connectivity index (χ2n) is 7.17. The van der Waals surface area contributed by atoms with E-state index in [1.54, 1.807) is 0 Å². The fourth-order valence-corrected chi connectivity index (χ4v) is 4.25. The van der Waals surface area contributed by atoms with Crippen molar-refractivity contribution in [1.82, 2.24) is 9.80 Å². The molecule has 1 fully saturated rings. The third kappa shape index (κ3) is 3.92. The van der Waals surface area contributed by atoms with Crippen molar-refractivity contribution in [3.05, 3.63) is 0 Å². The zero-order chi connectivity index (χ0) is 15.6. The molecule has 1 rings (SSSR count). The van der Waals surface area contributed by atoms with Crippen molar-refractivity contribution in [3.8, 4) is 0 Å². The van der Waals surface area contributed by atoms with Gasteiger partial charge in [-0.3, -0.25) is 9.80 Å². The molecule has 1 aliphatic rings. The van der Waals surface area contributed by atoms with E-state index in [-0.39, 0.29) is 24.3 Å². The Bertz CT molecular complexity index is 281. The van der Waals surface area contributed by atoms with E-state index in [9.17, 15) is 15.3 Å². The summed E-state index contributed by atoms with van der Waals surface area (Å²) in [6.07, 6.45) is 1.35. The maximum absolute atomic E-state index is 10.1. The predicted molar refractivity (Wildman–Crippen MR) is 80.4 cm³/mol. The molecule has 5 nitrogen and oxygen atoms in total. The monoisotopic (exact) mass is 288 g/mol. The minimum atomic E-state index is -0.481. The molecule has 3 N–H and O–H groups in total. The molecule has 0 aromatic carbocycles. The predicted octanol–water partition coefficient (Wildman–Crippen LogP) is 0.633. The summed E-state index contributed by atoms with van der Waals surface area (Å²) >= 11 is 0. The van der Waals surface area contributed by atoms with E-state index in [4.69, 9.17) is 0 Å². The molecule has 0 aliphatic carbocycles. The van der Waals surface area contributed by atoms with Crippen molar-refractivity contribution in [2.24, 2.45) is 0 Å². The Morgan fingerprint density at radius 3 is 1.75 bits per heavy atom. The smallest absolute Gasteiger partial charge is 0.105 e. The molecule has 1 atom stereocenters. The molecule has 0 aromatic rings. The van der Waals surface area contributed by atoms with Crippen molar-refractivity contribution in [1.29, 1.82) is 0 Å². The summed E-state index contributed by atoms with van der Waals surface area (Å²) < 4.78 is 0.